The third-order valence-electron chi connectivity index (χ3n) is 6.38. The number of carbonyl (C=O) groups is 1. The summed E-state index contributed by atoms with van der Waals surface area (Å²) in [6.45, 7) is 2.61. The van der Waals surface area contributed by atoms with Crippen LogP contribution >= 0.6 is 11.6 Å². The van der Waals surface area contributed by atoms with Gasteiger partial charge in [0.2, 0.25) is 25.0 Å². The zero-order chi connectivity index (χ0) is 27.3. The Balaban J connectivity index is 1.40. The van der Waals surface area contributed by atoms with Crippen LogP contribution in [0.4, 0.5) is 5.69 Å². The Labute approximate surface area is 228 Å². The number of hydrogen-bond donors (Lipinski definition) is 1. The van der Waals surface area contributed by atoms with Crippen LogP contribution in [0.3, 0.4) is 0 Å². The van der Waals surface area contributed by atoms with E-state index in [1.54, 1.807) is 6.92 Å². The Bertz CT molecular complexity index is 1490. The van der Waals surface area contributed by atoms with Crippen LogP contribution in [0.15, 0.2) is 70.8 Å². The molecule has 2 heterocycles. The number of nitrogens with one attached hydrogen (secondary N) is 1. The fourth-order valence-corrected chi connectivity index (χ4v) is 7.18. The van der Waals surface area contributed by atoms with Crippen molar-refractivity contribution in [1.82, 2.24) is 14.3 Å². The maximum absolute atomic E-state index is 13.2. The summed E-state index contributed by atoms with van der Waals surface area (Å²) >= 11 is 6.05. The molecule has 0 unspecified atom stereocenters. The number of sulfonamides is 1. The monoisotopic (exact) mass is 576 g/mol. The molecule has 1 aliphatic heterocycles. The van der Waals surface area contributed by atoms with E-state index in [0.29, 0.717) is 31.1 Å². The van der Waals surface area contributed by atoms with Crippen molar-refractivity contribution in [3.63, 3.8) is 0 Å². The largest absolute Gasteiger partial charge is 0.321 e. The molecule has 1 N–H and O–H groups in total. The van der Waals surface area contributed by atoms with E-state index >= 15 is 0 Å². The summed E-state index contributed by atoms with van der Waals surface area (Å²) in [7, 11) is -7.42. The first kappa shape index (κ1) is 28.2. The Morgan fingerprint density at radius 1 is 1.03 bits per heavy atom. The highest BCUT2D eigenvalue weighted by Gasteiger charge is 2.29. The summed E-state index contributed by atoms with van der Waals surface area (Å²) in [6, 6.07) is 16.0. The number of hydrogen-bond acceptors (Lipinski definition) is 7. The number of sulfone groups is 1. The van der Waals surface area contributed by atoms with Gasteiger partial charge in [-0.3, -0.25) is 4.79 Å². The first-order chi connectivity index (χ1) is 18.1. The molecule has 1 aromatic heterocycles. The number of piperidine rings is 1. The van der Waals surface area contributed by atoms with E-state index in [0.717, 1.165) is 25.5 Å². The predicted octanol–water partition coefficient (Wildman–Crippen LogP) is 4.21. The molecule has 12 heteroatoms. The minimum Gasteiger partial charge on any atom is -0.321 e. The van der Waals surface area contributed by atoms with Crippen molar-refractivity contribution in [2.45, 2.75) is 42.7 Å². The van der Waals surface area contributed by atoms with Gasteiger partial charge in [0.25, 0.3) is 5.91 Å². The molecule has 202 valence electrons. The molecule has 1 amide bonds. The van der Waals surface area contributed by atoms with Gasteiger partial charge in [-0.1, -0.05) is 48.9 Å². The number of halogens is 1. The van der Waals surface area contributed by atoms with Crippen LogP contribution in [-0.2, 0) is 26.3 Å². The van der Waals surface area contributed by atoms with Crippen LogP contribution in [0.1, 0.15) is 42.2 Å². The second kappa shape index (κ2) is 11.9. The summed E-state index contributed by atoms with van der Waals surface area (Å²) in [4.78, 5) is 20.5. The predicted molar refractivity (Wildman–Crippen MR) is 145 cm³/mol. The lowest BCUT2D eigenvalue weighted by Gasteiger charge is -2.31. The normalized spacial score (nSPS) is 15.3. The quantitative estimate of drug-likeness (QED) is 0.378. The topological polar surface area (TPSA) is 126 Å². The van der Waals surface area contributed by atoms with Crippen molar-refractivity contribution in [1.29, 1.82) is 0 Å². The Hall–Kier alpha value is -2.86. The molecule has 9 nitrogen and oxygen atoms in total. The summed E-state index contributed by atoms with van der Waals surface area (Å²) in [5, 5.41) is 2.01. The molecule has 0 aliphatic carbocycles. The second-order valence-corrected chi connectivity index (χ2v) is 13.5. The van der Waals surface area contributed by atoms with Crippen molar-refractivity contribution in [2.75, 3.05) is 24.2 Å². The molecule has 0 atom stereocenters. The smallest absolute Gasteiger partial charge is 0.275 e. The Kier molecular flexibility index (Phi) is 8.81. The molecular formula is C26H29ClN4O5S2. The van der Waals surface area contributed by atoms with Crippen LogP contribution in [-0.4, -0.2) is 55.9 Å². The number of nitrogens with zero attached hydrogens (tertiary/aromatic N) is 3. The van der Waals surface area contributed by atoms with E-state index in [9.17, 15) is 21.6 Å². The SMILES string of the molecule is CCCS(=O)(=O)c1ncc(Cl)c(C(=O)Nc2ccc(S(=O)(=O)N3CCC(Cc4ccccc4)CC3)cc2)n1. The van der Waals surface area contributed by atoms with Gasteiger partial charge in [-0.25, -0.2) is 26.8 Å². The molecule has 4 rings (SSSR count). The molecular weight excluding hydrogens is 548 g/mol. The first-order valence-corrected chi connectivity index (χ1v) is 15.8. The molecule has 2 aromatic carbocycles. The van der Waals surface area contributed by atoms with Crippen LogP contribution in [0.5, 0.6) is 0 Å². The number of aromatic nitrogens is 2. The van der Waals surface area contributed by atoms with E-state index in [1.165, 1.54) is 34.1 Å². The highest BCUT2D eigenvalue weighted by molar-refractivity contribution is 7.91. The summed E-state index contributed by atoms with van der Waals surface area (Å²) in [5.74, 6) is -0.454. The summed E-state index contributed by atoms with van der Waals surface area (Å²) in [5.41, 5.74) is 1.28. The van der Waals surface area contributed by atoms with E-state index in [-0.39, 0.29) is 21.4 Å². The van der Waals surface area contributed by atoms with Gasteiger partial charge in [0.1, 0.15) is 0 Å². The summed E-state index contributed by atoms with van der Waals surface area (Å²) < 4.78 is 52.4. The fourth-order valence-electron chi connectivity index (χ4n) is 4.37. The molecule has 0 radical (unpaired) electrons. The summed E-state index contributed by atoms with van der Waals surface area (Å²) in [6.07, 6.45) is 3.96. The third kappa shape index (κ3) is 6.58. The van der Waals surface area contributed by atoms with Crippen LogP contribution in [0.25, 0.3) is 0 Å². The van der Waals surface area contributed by atoms with Crippen LogP contribution < -0.4 is 5.32 Å². The standard InChI is InChI=1S/C26H29ClN4O5S2/c1-2-16-37(33,34)26-28-18-23(27)24(30-26)25(32)29-21-8-10-22(11-9-21)38(35,36)31-14-12-20(13-15-31)17-19-6-4-3-5-7-19/h3-11,18,20H,2,12-17H2,1H3,(H,29,32). The van der Waals surface area contributed by atoms with Gasteiger partial charge in [0, 0.05) is 18.8 Å². The molecule has 38 heavy (non-hydrogen) atoms. The molecule has 0 saturated carbocycles. The molecule has 0 bridgehead atoms. The maximum Gasteiger partial charge on any atom is 0.275 e. The van der Waals surface area contributed by atoms with E-state index in [4.69, 9.17) is 11.6 Å². The first-order valence-electron chi connectivity index (χ1n) is 12.3. The Morgan fingerprint density at radius 2 is 1.68 bits per heavy atom. The lowest BCUT2D eigenvalue weighted by molar-refractivity contribution is 0.102. The molecule has 1 aliphatic rings. The molecule has 1 fully saturated rings. The van der Waals surface area contributed by atoms with Crippen LogP contribution in [0.2, 0.25) is 5.02 Å². The highest BCUT2D eigenvalue weighted by Crippen LogP contribution is 2.27. The van der Waals surface area contributed by atoms with E-state index in [2.05, 4.69) is 27.4 Å². The van der Waals surface area contributed by atoms with E-state index in [1.807, 2.05) is 18.2 Å². The number of amides is 1. The number of carbonyl (C=O) groups excluding carboxylic acids is 1. The average Bonchev–Trinajstić information content (AvgIpc) is 2.90. The van der Waals surface area contributed by atoms with Crippen molar-refractivity contribution in [3.8, 4) is 0 Å². The highest BCUT2D eigenvalue weighted by atomic mass is 35.5. The lowest BCUT2D eigenvalue weighted by atomic mass is 9.91. The van der Waals surface area contributed by atoms with Crippen molar-refractivity contribution in [3.05, 3.63) is 77.1 Å². The van der Waals surface area contributed by atoms with Gasteiger partial charge in [-0.15, -0.1) is 0 Å². The van der Waals surface area contributed by atoms with Gasteiger partial charge < -0.3 is 5.32 Å². The lowest BCUT2D eigenvalue weighted by Crippen LogP contribution is -2.38. The Morgan fingerprint density at radius 3 is 2.32 bits per heavy atom. The fraction of sp³-hybridized carbons (Fsp3) is 0.346. The van der Waals surface area contributed by atoms with Gasteiger partial charge in [0.05, 0.1) is 21.9 Å². The van der Waals surface area contributed by atoms with Gasteiger partial charge in [-0.2, -0.15) is 4.31 Å². The van der Waals surface area contributed by atoms with Gasteiger partial charge in [0.15, 0.2) is 5.69 Å². The molecule has 3 aromatic rings. The zero-order valence-corrected chi connectivity index (χ0v) is 23.3. The molecule has 0 spiro atoms. The minimum atomic E-state index is -3.74. The number of benzene rings is 2. The van der Waals surface area contributed by atoms with Crippen molar-refractivity contribution >= 4 is 43.1 Å². The maximum atomic E-state index is 13.2. The van der Waals surface area contributed by atoms with Crippen molar-refractivity contribution in [2.24, 2.45) is 5.92 Å². The molecule has 1 saturated heterocycles. The van der Waals surface area contributed by atoms with Gasteiger partial charge >= 0.3 is 0 Å². The second-order valence-electron chi connectivity index (χ2n) is 9.18. The van der Waals surface area contributed by atoms with Crippen molar-refractivity contribution < 1.29 is 21.6 Å². The third-order valence-corrected chi connectivity index (χ3v) is 10.3. The zero-order valence-electron chi connectivity index (χ0n) is 20.9. The average molecular weight is 577 g/mol. The van der Waals surface area contributed by atoms with Gasteiger partial charge in [-0.05, 0) is 61.4 Å². The van der Waals surface area contributed by atoms with E-state index < -0.39 is 30.9 Å². The van der Waals surface area contributed by atoms with Crippen LogP contribution in [0, 0.1) is 5.92 Å². The number of anilines is 1. The number of rotatable bonds is 9. The minimum absolute atomic E-state index is 0.104.